The summed E-state index contributed by atoms with van der Waals surface area (Å²) in [5.74, 6) is 0.624. The molecule has 0 spiro atoms. The quantitative estimate of drug-likeness (QED) is 0.903. The molecule has 1 aromatic heterocycles. The second kappa shape index (κ2) is 6.02. The van der Waals surface area contributed by atoms with Crippen LogP contribution in [0, 0.1) is 5.92 Å². The minimum Gasteiger partial charge on any atom is -0.352 e. The maximum atomic E-state index is 12.3. The van der Waals surface area contributed by atoms with Crippen LogP contribution in [-0.4, -0.2) is 21.7 Å². The third-order valence-electron chi connectivity index (χ3n) is 3.81. The van der Waals surface area contributed by atoms with Crippen LogP contribution in [0.3, 0.4) is 0 Å². The summed E-state index contributed by atoms with van der Waals surface area (Å²) in [6.45, 7) is 2.71. The second-order valence-electron chi connectivity index (χ2n) is 5.64. The number of halogens is 1. The largest absolute Gasteiger partial charge is 0.352 e. The first-order valence-electron chi connectivity index (χ1n) is 7.17. The molecule has 21 heavy (non-hydrogen) atoms. The maximum absolute atomic E-state index is 12.3. The Hall–Kier alpha value is -1.62. The molecule has 1 aliphatic rings. The molecule has 1 amide bonds. The van der Waals surface area contributed by atoms with Crippen molar-refractivity contribution < 1.29 is 4.79 Å². The van der Waals surface area contributed by atoms with Gasteiger partial charge in [0.1, 0.15) is 0 Å². The van der Waals surface area contributed by atoms with Crippen molar-refractivity contribution in [3.05, 3.63) is 52.8 Å². The number of carbonyl (C=O) groups is 1. The van der Waals surface area contributed by atoms with Gasteiger partial charge in [-0.25, -0.2) is 0 Å². The van der Waals surface area contributed by atoms with Crippen LogP contribution in [0.5, 0.6) is 0 Å². The number of nitrogens with one attached hydrogen (secondary N) is 1. The lowest BCUT2D eigenvalue weighted by molar-refractivity contribution is -0.123. The summed E-state index contributed by atoms with van der Waals surface area (Å²) >= 11 is 3.48. The van der Waals surface area contributed by atoms with E-state index in [1.807, 2.05) is 36.0 Å². The fraction of sp³-hybridized carbons (Fsp3) is 0.375. The molecule has 3 unspecified atom stereocenters. The molecule has 0 radical (unpaired) electrons. The van der Waals surface area contributed by atoms with Crippen LogP contribution in [0.4, 0.5) is 0 Å². The molecule has 0 bridgehead atoms. The summed E-state index contributed by atoms with van der Waals surface area (Å²) < 4.78 is 2.90. The number of hydrogen-bond donors (Lipinski definition) is 1. The normalized spacial score (nSPS) is 21.8. The highest BCUT2D eigenvalue weighted by Crippen LogP contribution is 2.47. The summed E-state index contributed by atoms with van der Waals surface area (Å²) in [5, 5.41) is 7.24. The van der Waals surface area contributed by atoms with Crippen molar-refractivity contribution in [3.63, 3.8) is 0 Å². The third kappa shape index (κ3) is 3.53. The lowest BCUT2D eigenvalue weighted by Gasteiger charge is -2.14. The zero-order chi connectivity index (χ0) is 14.8. The van der Waals surface area contributed by atoms with Gasteiger partial charge in [-0.2, -0.15) is 5.10 Å². The smallest absolute Gasteiger partial charge is 0.224 e. The molecule has 5 heteroatoms. The van der Waals surface area contributed by atoms with Crippen molar-refractivity contribution in [3.8, 4) is 0 Å². The summed E-state index contributed by atoms with van der Waals surface area (Å²) in [6.07, 6.45) is 4.60. The van der Waals surface area contributed by atoms with Gasteiger partial charge in [-0.15, -0.1) is 0 Å². The van der Waals surface area contributed by atoms with Crippen molar-refractivity contribution in [2.45, 2.75) is 31.8 Å². The van der Waals surface area contributed by atoms with Crippen molar-refractivity contribution in [1.82, 2.24) is 15.1 Å². The van der Waals surface area contributed by atoms with Gasteiger partial charge in [0.2, 0.25) is 5.91 Å². The van der Waals surface area contributed by atoms with Crippen LogP contribution in [-0.2, 0) is 11.3 Å². The van der Waals surface area contributed by atoms with Gasteiger partial charge in [0.15, 0.2) is 0 Å². The van der Waals surface area contributed by atoms with E-state index in [1.54, 1.807) is 6.20 Å². The van der Waals surface area contributed by atoms with E-state index in [4.69, 9.17) is 0 Å². The molecule has 2 aromatic rings. The molecule has 1 N–H and O–H groups in total. The number of amides is 1. The lowest BCUT2D eigenvalue weighted by atomic mass is 10.1. The van der Waals surface area contributed by atoms with E-state index < -0.39 is 0 Å². The number of carbonyl (C=O) groups excluding carboxylic acids is 1. The van der Waals surface area contributed by atoms with Crippen molar-refractivity contribution in [1.29, 1.82) is 0 Å². The molecule has 1 heterocycles. The lowest BCUT2D eigenvalue weighted by Crippen LogP contribution is -2.37. The standard InChI is InChI=1S/C16H18BrN3O/c1-11(10-20-7-3-6-18-20)19-16(21)15-9-14(15)12-4-2-5-13(17)8-12/h2-8,11,14-15H,9-10H2,1H3,(H,19,21). The Balaban J connectivity index is 1.53. The van der Waals surface area contributed by atoms with Gasteiger partial charge in [0.25, 0.3) is 0 Å². The first kappa shape index (κ1) is 14.3. The Bertz CT molecular complexity index is 626. The summed E-state index contributed by atoms with van der Waals surface area (Å²) in [6, 6.07) is 10.2. The SMILES string of the molecule is CC(Cn1cccn1)NC(=O)C1CC1c1cccc(Br)c1. The monoisotopic (exact) mass is 347 g/mol. The van der Waals surface area contributed by atoms with E-state index in [9.17, 15) is 4.79 Å². The van der Waals surface area contributed by atoms with Crippen molar-refractivity contribution >= 4 is 21.8 Å². The van der Waals surface area contributed by atoms with E-state index in [2.05, 4.69) is 38.5 Å². The molecule has 0 saturated heterocycles. The first-order valence-corrected chi connectivity index (χ1v) is 7.96. The maximum Gasteiger partial charge on any atom is 0.224 e. The van der Waals surface area contributed by atoms with Gasteiger partial charge in [0, 0.05) is 28.8 Å². The topological polar surface area (TPSA) is 46.9 Å². The van der Waals surface area contributed by atoms with Gasteiger partial charge in [-0.1, -0.05) is 28.1 Å². The van der Waals surface area contributed by atoms with Gasteiger partial charge in [-0.05, 0) is 43.0 Å². The minimum atomic E-state index is 0.0844. The predicted molar refractivity (Wildman–Crippen MR) is 84.8 cm³/mol. The van der Waals surface area contributed by atoms with E-state index in [1.165, 1.54) is 5.56 Å². The minimum absolute atomic E-state index is 0.0844. The number of benzene rings is 1. The van der Waals surface area contributed by atoms with E-state index in [0.29, 0.717) is 12.5 Å². The first-order chi connectivity index (χ1) is 10.1. The highest BCUT2D eigenvalue weighted by molar-refractivity contribution is 9.10. The zero-order valence-corrected chi connectivity index (χ0v) is 13.5. The Kier molecular flexibility index (Phi) is 4.10. The van der Waals surface area contributed by atoms with Crippen molar-refractivity contribution in [2.75, 3.05) is 0 Å². The van der Waals surface area contributed by atoms with E-state index in [-0.39, 0.29) is 17.9 Å². The molecule has 1 aromatic carbocycles. The molecule has 4 nitrogen and oxygen atoms in total. The Morgan fingerprint density at radius 3 is 3.10 bits per heavy atom. The zero-order valence-electron chi connectivity index (χ0n) is 11.9. The number of nitrogens with zero attached hydrogens (tertiary/aromatic N) is 2. The Morgan fingerprint density at radius 1 is 1.52 bits per heavy atom. The van der Waals surface area contributed by atoms with Gasteiger partial charge in [-0.3, -0.25) is 9.48 Å². The number of rotatable bonds is 5. The number of aromatic nitrogens is 2. The van der Waals surface area contributed by atoms with Crippen molar-refractivity contribution in [2.24, 2.45) is 5.92 Å². The summed E-state index contributed by atoms with van der Waals surface area (Å²) in [5.41, 5.74) is 1.24. The molecule has 3 atom stereocenters. The molecule has 3 rings (SSSR count). The Morgan fingerprint density at radius 2 is 2.38 bits per heavy atom. The molecule has 1 aliphatic carbocycles. The molecule has 0 aliphatic heterocycles. The van der Waals surface area contributed by atoms with Gasteiger partial charge < -0.3 is 5.32 Å². The fourth-order valence-electron chi connectivity index (χ4n) is 2.67. The molecule has 110 valence electrons. The molecular weight excluding hydrogens is 330 g/mol. The van der Waals surface area contributed by atoms with E-state index >= 15 is 0 Å². The van der Waals surface area contributed by atoms with Gasteiger partial charge >= 0.3 is 0 Å². The predicted octanol–water partition coefficient (Wildman–Crippen LogP) is 2.95. The molecular formula is C16H18BrN3O. The van der Waals surface area contributed by atoms with Crippen LogP contribution in [0.2, 0.25) is 0 Å². The fourth-order valence-corrected chi connectivity index (χ4v) is 3.09. The third-order valence-corrected chi connectivity index (χ3v) is 4.31. The Labute approximate surface area is 132 Å². The highest BCUT2D eigenvalue weighted by Gasteiger charge is 2.44. The number of hydrogen-bond acceptors (Lipinski definition) is 2. The van der Waals surface area contributed by atoms with Crippen LogP contribution >= 0.6 is 15.9 Å². The van der Waals surface area contributed by atoms with Crippen LogP contribution < -0.4 is 5.32 Å². The molecule has 1 fully saturated rings. The van der Waals surface area contributed by atoms with Gasteiger partial charge in [0.05, 0.1) is 6.54 Å². The average molecular weight is 348 g/mol. The highest BCUT2D eigenvalue weighted by atomic mass is 79.9. The second-order valence-corrected chi connectivity index (χ2v) is 6.56. The van der Waals surface area contributed by atoms with Crippen LogP contribution in [0.15, 0.2) is 47.2 Å². The van der Waals surface area contributed by atoms with Crippen LogP contribution in [0.25, 0.3) is 0 Å². The van der Waals surface area contributed by atoms with Crippen LogP contribution in [0.1, 0.15) is 24.8 Å². The summed E-state index contributed by atoms with van der Waals surface area (Å²) in [7, 11) is 0. The van der Waals surface area contributed by atoms with E-state index in [0.717, 1.165) is 10.9 Å². The summed E-state index contributed by atoms with van der Waals surface area (Å²) in [4.78, 5) is 12.3. The average Bonchev–Trinajstić information content (AvgIpc) is 3.10. The molecule has 1 saturated carbocycles.